The van der Waals surface area contributed by atoms with Crippen LogP contribution in [0.25, 0.3) is 0 Å². The van der Waals surface area contributed by atoms with Crippen LogP contribution >= 0.6 is 0 Å². The second kappa shape index (κ2) is 7.64. The Morgan fingerprint density at radius 2 is 2.14 bits per heavy atom. The Morgan fingerprint density at radius 3 is 2.81 bits per heavy atom. The van der Waals surface area contributed by atoms with Crippen molar-refractivity contribution < 1.29 is 19.4 Å². The van der Waals surface area contributed by atoms with Gasteiger partial charge in [-0.3, -0.25) is 4.79 Å². The van der Waals surface area contributed by atoms with Gasteiger partial charge in [-0.25, -0.2) is 4.79 Å². The Hall–Kier alpha value is -2.08. The van der Waals surface area contributed by atoms with Crippen molar-refractivity contribution in [1.82, 2.24) is 10.2 Å². The van der Waals surface area contributed by atoms with E-state index in [0.29, 0.717) is 13.0 Å². The van der Waals surface area contributed by atoms with Crippen LogP contribution in [0.4, 0.5) is 4.79 Å². The van der Waals surface area contributed by atoms with E-state index < -0.39 is 12.2 Å². The summed E-state index contributed by atoms with van der Waals surface area (Å²) >= 11 is 0. The summed E-state index contributed by atoms with van der Waals surface area (Å²) in [5, 5.41) is 12.3. The molecule has 1 atom stereocenters. The predicted molar refractivity (Wildman–Crippen MR) is 76.5 cm³/mol. The lowest BCUT2D eigenvalue weighted by Gasteiger charge is -2.20. The van der Waals surface area contributed by atoms with E-state index in [0.717, 1.165) is 12.0 Å². The third-order valence-corrected chi connectivity index (χ3v) is 3.30. The molecule has 1 aromatic carbocycles. The third kappa shape index (κ3) is 5.07. The first kappa shape index (κ1) is 15.3. The highest BCUT2D eigenvalue weighted by Gasteiger charge is 2.22. The lowest BCUT2D eigenvalue weighted by molar-refractivity contribution is -0.128. The molecule has 1 heterocycles. The average molecular weight is 292 g/mol. The number of β-amino-alcohol motifs (C(OH)–C–C–N with tert-alkyl or cyclic N) is 1. The molecule has 1 unspecified atom stereocenters. The molecule has 6 nitrogen and oxygen atoms in total. The molecule has 1 aliphatic heterocycles. The van der Waals surface area contributed by atoms with Crippen LogP contribution in [0.3, 0.4) is 0 Å². The SMILES string of the molecule is O=C(NCC(O)CN1CCCC1=O)OCc1ccccc1. The highest BCUT2D eigenvalue weighted by atomic mass is 16.5. The van der Waals surface area contributed by atoms with Crippen molar-refractivity contribution in [2.45, 2.75) is 25.6 Å². The van der Waals surface area contributed by atoms with Crippen LogP contribution in [0.2, 0.25) is 0 Å². The summed E-state index contributed by atoms with van der Waals surface area (Å²) in [5.41, 5.74) is 0.899. The van der Waals surface area contributed by atoms with Crippen LogP contribution < -0.4 is 5.32 Å². The molecule has 1 aliphatic rings. The number of carbonyl (C=O) groups is 2. The topological polar surface area (TPSA) is 78.9 Å². The van der Waals surface area contributed by atoms with E-state index in [2.05, 4.69) is 5.32 Å². The number of benzene rings is 1. The number of rotatable bonds is 6. The van der Waals surface area contributed by atoms with Crippen LogP contribution in [0.15, 0.2) is 30.3 Å². The van der Waals surface area contributed by atoms with Crippen molar-refractivity contribution in [2.75, 3.05) is 19.6 Å². The van der Waals surface area contributed by atoms with Gasteiger partial charge in [-0.15, -0.1) is 0 Å². The number of nitrogens with zero attached hydrogens (tertiary/aromatic N) is 1. The molecular weight excluding hydrogens is 272 g/mol. The summed E-state index contributed by atoms with van der Waals surface area (Å²) < 4.78 is 5.03. The predicted octanol–water partition coefficient (Wildman–Crippen LogP) is 0.896. The summed E-state index contributed by atoms with van der Waals surface area (Å²) in [6.45, 7) is 1.18. The number of likely N-dealkylation sites (tertiary alicyclic amines) is 1. The largest absolute Gasteiger partial charge is 0.445 e. The maximum Gasteiger partial charge on any atom is 0.407 e. The van der Waals surface area contributed by atoms with Crippen molar-refractivity contribution in [1.29, 1.82) is 0 Å². The molecule has 2 amide bonds. The minimum atomic E-state index is -0.781. The van der Waals surface area contributed by atoms with Gasteiger partial charge in [0.2, 0.25) is 5.91 Å². The Labute approximate surface area is 123 Å². The van der Waals surface area contributed by atoms with E-state index >= 15 is 0 Å². The molecule has 0 aromatic heterocycles. The molecule has 1 fully saturated rings. The standard InChI is InChI=1S/C15H20N2O4/c18-13(10-17-8-4-7-14(17)19)9-16-15(20)21-11-12-5-2-1-3-6-12/h1-3,5-6,13,18H,4,7-11H2,(H,16,20). The van der Waals surface area contributed by atoms with Gasteiger partial charge >= 0.3 is 6.09 Å². The minimum Gasteiger partial charge on any atom is -0.445 e. The summed E-state index contributed by atoms with van der Waals surface area (Å²) in [6.07, 6.45) is 0.0131. The zero-order valence-corrected chi connectivity index (χ0v) is 11.8. The Morgan fingerprint density at radius 1 is 1.38 bits per heavy atom. The summed E-state index contributed by atoms with van der Waals surface area (Å²) in [7, 11) is 0. The van der Waals surface area contributed by atoms with Crippen molar-refractivity contribution in [3.05, 3.63) is 35.9 Å². The fraction of sp³-hybridized carbons (Fsp3) is 0.467. The molecule has 21 heavy (non-hydrogen) atoms. The van der Waals surface area contributed by atoms with Crippen LogP contribution in [0, 0.1) is 0 Å². The van der Waals surface area contributed by atoms with Gasteiger partial charge in [0.05, 0.1) is 6.10 Å². The summed E-state index contributed by atoms with van der Waals surface area (Å²) in [5.74, 6) is 0.0562. The lowest BCUT2D eigenvalue weighted by Crippen LogP contribution is -2.40. The fourth-order valence-corrected chi connectivity index (χ4v) is 2.19. The third-order valence-electron chi connectivity index (χ3n) is 3.30. The molecule has 6 heteroatoms. The first-order valence-corrected chi connectivity index (χ1v) is 7.05. The molecule has 2 rings (SSSR count). The molecule has 114 valence electrons. The van der Waals surface area contributed by atoms with E-state index in [1.165, 1.54) is 0 Å². The van der Waals surface area contributed by atoms with Gasteiger partial charge in [0.15, 0.2) is 0 Å². The van der Waals surface area contributed by atoms with E-state index in [1.54, 1.807) is 4.90 Å². The van der Waals surface area contributed by atoms with Gasteiger partial charge in [-0.2, -0.15) is 0 Å². The molecular formula is C15H20N2O4. The Kier molecular flexibility index (Phi) is 5.57. The number of aliphatic hydroxyl groups is 1. The van der Waals surface area contributed by atoms with Crippen molar-refractivity contribution in [3.8, 4) is 0 Å². The molecule has 0 bridgehead atoms. The van der Waals surface area contributed by atoms with E-state index in [9.17, 15) is 14.7 Å². The number of hydrogen-bond donors (Lipinski definition) is 2. The maximum absolute atomic E-state index is 11.5. The van der Waals surface area contributed by atoms with Crippen LogP contribution in [0.5, 0.6) is 0 Å². The molecule has 0 saturated carbocycles. The molecule has 2 N–H and O–H groups in total. The van der Waals surface area contributed by atoms with Gasteiger partial charge in [0.1, 0.15) is 6.61 Å². The molecule has 1 aromatic rings. The van der Waals surface area contributed by atoms with Gasteiger partial charge in [-0.1, -0.05) is 30.3 Å². The first-order chi connectivity index (χ1) is 10.1. The van der Waals surface area contributed by atoms with Crippen LogP contribution in [0.1, 0.15) is 18.4 Å². The van der Waals surface area contributed by atoms with Crippen LogP contribution in [-0.2, 0) is 16.1 Å². The Balaban J connectivity index is 1.63. The number of amides is 2. The van der Waals surface area contributed by atoms with Crippen molar-refractivity contribution in [2.24, 2.45) is 0 Å². The summed E-state index contributed by atoms with van der Waals surface area (Å²) in [4.78, 5) is 24.5. The van der Waals surface area contributed by atoms with Crippen molar-refractivity contribution in [3.63, 3.8) is 0 Å². The molecule has 0 aliphatic carbocycles. The first-order valence-electron chi connectivity index (χ1n) is 7.05. The second-order valence-electron chi connectivity index (χ2n) is 5.04. The number of ether oxygens (including phenoxy) is 1. The highest BCUT2D eigenvalue weighted by Crippen LogP contribution is 2.09. The van der Waals surface area contributed by atoms with Gasteiger partial charge in [0, 0.05) is 26.1 Å². The zero-order valence-electron chi connectivity index (χ0n) is 11.8. The smallest absolute Gasteiger partial charge is 0.407 e. The molecule has 0 spiro atoms. The van der Waals surface area contributed by atoms with E-state index in [-0.39, 0.29) is 25.6 Å². The number of nitrogens with one attached hydrogen (secondary N) is 1. The second-order valence-corrected chi connectivity index (χ2v) is 5.04. The number of hydrogen-bond acceptors (Lipinski definition) is 4. The molecule has 0 radical (unpaired) electrons. The quantitative estimate of drug-likeness (QED) is 0.816. The fourth-order valence-electron chi connectivity index (χ4n) is 2.19. The Bertz CT molecular complexity index is 478. The number of aliphatic hydroxyl groups excluding tert-OH is 1. The summed E-state index contributed by atoms with van der Waals surface area (Å²) in [6, 6.07) is 9.35. The normalized spacial score (nSPS) is 15.9. The van der Waals surface area contributed by atoms with E-state index in [1.807, 2.05) is 30.3 Å². The minimum absolute atomic E-state index is 0.0562. The zero-order chi connectivity index (χ0) is 15.1. The highest BCUT2D eigenvalue weighted by molar-refractivity contribution is 5.78. The van der Waals surface area contributed by atoms with Gasteiger partial charge in [0.25, 0.3) is 0 Å². The number of carbonyl (C=O) groups excluding carboxylic acids is 2. The van der Waals surface area contributed by atoms with Crippen LogP contribution in [-0.4, -0.2) is 47.7 Å². The number of alkyl carbamates (subject to hydrolysis) is 1. The lowest BCUT2D eigenvalue weighted by atomic mass is 10.2. The van der Waals surface area contributed by atoms with Gasteiger partial charge in [-0.05, 0) is 12.0 Å². The van der Waals surface area contributed by atoms with Crippen molar-refractivity contribution >= 4 is 12.0 Å². The molecule has 1 saturated heterocycles. The average Bonchev–Trinajstić information content (AvgIpc) is 2.89. The van der Waals surface area contributed by atoms with Gasteiger partial charge < -0.3 is 20.1 Å². The van der Waals surface area contributed by atoms with E-state index in [4.69, 9.17) is 4.74 Å². The monoisotopic (exact) mass is 292 g/mol. The maximum atomic E-state index is 11.5.